The van der Waals surface area contributed by atoms with Gasteiger partial charge in [-0.05, 0) is 32.0 Å². The largest absolute Gasteiger partial charge is 0.369 e. The van der Waals surface area contributed by atoms with Crippen molar-refractivity contribution in [1.82, 2.24) is 20.7 Å². The molecule has 2 atom stereocenters. The second-order valence-electron chi connectivity index (χ2n) is 5.73. The van der Waals surface area contributed by atoms with Crippen LogP contribution in [0.4, 0.5) is 0 Å². The minimum atomic E-state index is 0.300. The average Bonchev–Trinajstić information content (AvgIpc) is 3.04. The molecule has 0 bridgehead atoms. The molecule has 0 aliphatic carbocycles. The fourth-order valence-corrected chi connectivity index (χ4v) is 2.96. The molecule has 1 saturated heterocycles. The van der Waals surface area contributed by atoms with Gasteiger partial charge < -0.3 is 15.6 Å². The molecule has 0 radical (unpaired) electrons. The number of likely N-dealkylation sites (N-methyl/N-ethyl adjacent to an activating group) is 1. The number of likely N-dealkylation sites (tertiary alicyclic amines) is 1. The van der Waals surface area contributed by atoms with Crippen molar-refractivity contribution in [3.8, 4) is 0 Å². The van der Waals surface area contributed by atoms with E-state index in [1.807, 2.05) is 13.2 Å². The summed E-state index contributed by atoms with van der Waals surface area (Å²) >= 11 is 0. The van der Waals surface area contributed by atoms with Crippen LogP contribution >= 0.6 is 0 Å². The Morgan fingerprint density at radius 3 is 2.81 bits per heavy atom. The van der Waals surface area contributed by atoms with E-state index in [0.29, 0.717) is 12.1 Å². The maximum Gasteiger partial charge on any atom is 0.0719 e. The molecule has 0 saturated carbocycles. The predicted molar refractivity (Wildman–Crippen MR) is 86.1 cm³/mol. The molecule has 2 N–H and O–H groups in total. The molecular weight excluding hydrogens is 260 g/mol. The van der Waals surface area contributed by atoms with Crippen LogP contribution < -0.4 is 10.7 Å². The van der Waals surface area contributed by atoms with E-state index >= 15 is 0 Å². The zero-order chi connectivity index (χ0) is 14.7. The van der Waals surface area contributed by atoms with Gasteiger partial charge in [-0.1, -0.05) is 30.3 Å². The average molecular weight is 284 g/mol. The highest BCUT2D eigenvalue weighted by atomic mass is 15.5. The van der Waals surface area contributed by atoms with Gasteiger partial charge >= 0.3 is 0 Å². The monoisotopic (exact) mass is 284 g/mol. The lowest BCUT2D eigenvalue weighted by atomic mass is 10.1. The Balaban J connectivity index is 1.72. The lowest BCUT2D eigenvalue weighted by Crippen LogP contribution is -2.37. The zero-order valence-electron chi connectivity index (χ0n) is 12.8. The molecule has 0 spiro atoms. The molecule has 1 aromatic rings. The van der Waals surface area contributed by atoms with Gasteiger partial charge in [0.05, 0.1) is 11.7 Å². The third-order valence-electron chi connectivity index (χ3n) is 4.41. The van der Waals surface area contributed by atoms with Crippen molar-refractivity contribution < 1.29 is 0 Å². The topological polar surface area (TPSA) is 30.5 Å². The fraction of sp³-hybridized carbons (Fsp3) is 0.412. The number of hydrogen-bond acceptors (Lipinski definition) is 4. The molecule has 2 aliphatic rings. The van der Waals surface area contributed by atoms with Gasteiger partial charge in [0.15, 0.2) is 0 Å². The van der Waals surface area contributed by atoms with Crippen molar-refractivity contribution in [1.29, 1.82) is 0 Å². The summed E-state index contributed by atoms with van der Waals surface area (Å²) in [5.74, 6) is 0. The summed E-state index contributed by atoms with van der Waals surface area (Å²) in [4.78, 5) is 2.45. The summed E-state index contributed by atoms with van der Waals surface area (Å²) in [6, 6.07) is 11.5. The first-order valence-electron chi connectivity index (χ1n) is 7.68. The normalized spacial score (nSPS) is 23.0. The summed E-state index contributed by atoms with van der Waals surface area (Å²) < 4.78 is 0. The first-order chi connectivity index (χ1) is 10.3. The molecule has 0 aromatic heterocycles. The lowest BCUT2D eigenvalue weighted by molar-refractivity contribution is 0.230. The number of benzene rings is 1. The molecule has 4 nitrogen and oxygen atoms in total. The van der Waals surface area contributed by atoms with Crippen LogP contribution in [0.5, 0.6) is 0 Å². The minimum Gasteiger partial charge on any atom is -0.369 e. The number of rotatable bonds is 4. The Hall–Kier alpha value is -1.94. The van der Waals surface area contributed by atoms with Crippen LogP contribution in [0.15, 0.2) is 54.5 Å². The zero-order valence-corrected chi connectivity index (χ0v) is 12.8. The third-order valence-corrected chi connectivity index (χ3v) is 4.41. The first-order valence-corrected chi connectivity index (χ1v) is 7.68. The molecule has 112 valence electrons. The highest BCUT2D eigenvalue weighted by molar-refractivity contribution is 5.24. The molecule has 1 aromatic carbocycles. The number of allylic oxidation sites excluding steroid dienone is 1. The smallest absolute Gasteiger partial charge is 0.0719 e. The Morgan fingerprint density at radius 1 is 1.29 bits per heavy atom. The molecule has 1 fully saturated rings. The molecule has 0 unspecified atom stereocenters. The second kappa shape index (κ2) is 6.22. The van der Waals surface area contributed by atoms with Gasteiger partial charge in [-0.2, -0.15) is 0 Å². The molecule has 3 rings (SSSR count). The number of nitrogens with zero attached hydrogens (tertiary/aromatic N) is 2. The van der Waals surface area contributed by atoms with Gasteiger partial charge in [0.25, 0.3) is 0 Å². The van der Waals surface area contributed by atoms with E-state index in [1.165, 1.54) is 17.7 Å². The van der Waals surface area contributed by atoms with Crippen LogP contribution in [-0.4, -0.2) is 36.1 Å². The molecule has 2 aliphatic heterocycles. The Kier molecular flexibility index (Phi) is 4.15. The summed E-state index contributed by atoms with van der Waals surface area (Å²) in [7, 11) is 2.05. The molecule has 2 heterocycles. The van der Waals surface area contributed by atoms with E-state index in [4.69, 9.17) is 0 Å². The summed E-state index contributed by atoms with van der Waals surface area (Å²) in [6.45, 7) is 4.42. The summed E-state index contributed by atoms with van der Waals surface area (Å²) in [6.07, 6.45) is 7.62. The summed E-state index contributed by atoms with van der Waals surface area (Å²) in [5, 5.41) is 5.55. The van der Waals surface area contributed by atoms with Crippen molar-refractivity contribution in [3.63, 3.8) is 0 Å². The van der Waals surface area contributed by atoms with Crippen molar-refractivity contribution in [2.24, 2.45) is 0 Å². The van der Waals surface area contributed by atoms with Crippen molar-refractivity contribution in [2.45, 2.75) is 25.4 Å². The van der Waals surface area contributed by atoms with Gasteiger partial charge in [-0.15, -0.1) is 0 Å². The van der Waals surface area contributed by atoms with E-state index in [0.717, 1.165) is 13.1 Å². The van der Waals surface area contributed by atoms with E-state index in [1.54, 1.807) is 0 Å². The molecular formula is C17H24N4. The maximum absolute atomic E-state index is 3.37. The number of nitrogens with one attached hydrogen (secondary N) is 2. The van der Waals surface area contributed by atoms with Crippen LogP contribution in [0.1, 0.15) is 24.9 Å². The highest BCUT2D eigenvalue weighted by Crippen LogP contribution is 2.24. The Bertz CT molecular complexity index is 523. The Morgan fingerprint density at radius 2 is 2.10 bits per heavy atom. The van der Waals surface area contributed by atoms with Gasteiger partial charge in [0.1, 0.15) is 0 Å². The van der Waals surface area contributed by atoms with Crippen molar-refractivity contribution >= 4 is 0 Å². The second-order valence-corrected chi connectivity index (χ2v) is 5.73. The fourth-order valence-electron chi connectivity index (χ4n) is 2.96. The SMILES string of the molecule is CN[C@@H]1CCN(C2=CN([C@H](C)c3ccccc3)NC=C2)C1. The van der Waals surface area contributed by atoms with Crippen LogP contribution in [0, 0.1) is 0 Å². The quantitative estimate of drug-likeness (QED) is 0.887. The van der Waals surface area contributed by atoms with E-state index in [9.17, 15) is 0 Å². The van der Waals surface area contributed by atoms with Crippen LogP contribution in [0.2, 0.25) is 0 Å². The van der Waals surface area contributed by atoms with Gasteiger partial charge in [0, 0.05) is 31.5 Å². The standard InChI is InChI=1S/C17H24N4/c1-14(15-6-4-3-5-7-15)21-13-17(8-10-19-21)20-11-9-16(12-20)18-2/h3-8,10,13-14,16,18-19H,9,11-12H2,1-2H3/t14-,16-/m1/s1. The van der Waals surface area contributed by atoms with Crippen molar-refractivity contribution in [3.05, 3.63) is 60.1 Å². The molecule has 4 heteroatoms. The number of hydrazine groups is 1. The lowest BCUT2D eigenvalue weighted by Gasteiger charge is -2.33. The van der Waals surface area contributed by atoms with E-state index in [-0.39, 0.29) is 0 Å². The van der Waals surface area contributed by atoms with E-state index < -0.39 is 0 Å². The molecule has 0 amide bonds. The highest BCUT2D eigenvalue weighted by Gasteiger charge is 2.24. The van der Waals surface area contributed by atoms with Gasteiger partial charge in [0.2, 0.25) is 0 Å². The molecule has 21 heavy (non-hydrogen) atoms. The van der Waals surface area contributed by atoms with Crippen molar-refractivity contribution in [2.75, 3.05) is 20.1 Å². The van der Waals surface area contributed by atoms with Crippen LogP contribution in [0.3, 0.4) is 0 Å². The predicted octanol–water partition coefficient (Wildman–Crippen LogP) is 2.22. The van der Waals surface area contributed by atoms with E-state index in [2.05, 4.69) is 70.2 Å². The first kappa shape index (κ1) is 14.0. The van der Waals surface area contributed by atoms with Gasteiger partial charge in [-0.3, -0.25) is 5.01 Å². The maximum atomic E-state index is 3.37. The van der Waals surface area contributed by atoms with Gasteiger partial charge in [-0.25, -0.2) is 0 Å². The van der Waals surface area contributed by atoms with Crippen LogP contribution in [0.25, 0.3) is 0 Å². The third kappa shape index (κ3) is 3.05. The minimum absolute atomic E-state index is 0.300. The number of hydrogen-bond donors (Lipinski definition) is 2. The summed E-state index contributed by atoms with van der Waals surface area (Å²) in [5.41, 5.74) is 5.93. The Labute approximate surface area is 127 Å². The van der Waals surface area contributed by atoms with Crippen LogP contribution in [-0.2, 0) is 0 Å².